The first-order valence-electron chi connectivity index (χ1n) is 7.98. The third-order valence-electron chi connectivity index (χ3n) is 3.16. The van der Waals surface area contributed by atoms with E-state index in [-0.39, 0.29) is 12.1 Å². The lowest BCUT2D eigenvalue weighted by Gasteiger charge is -2.12. The maximum absolute atomic E-state index is 12.3. The summed E-state index contributed by atoms with van der Waals surface area (Å²) in [7, 11) is 0. The van der Waals surface area contributed by atoms with Crippen molar-refractivity contribution < 1.29 is 18.3 Å². The average Bonchev–Trinajstić information content (AvgIpc) is 2.58. The zero-order valence-corrected chi connectivity index (χ0v) is 14.2. The predicted octanol–water partition coefficient (Wildman–Crippen LogP) is 5.32. The summed E-state index contributed by atoms with van der Waals surface area (Å²) >= 11 is 0. The molecule has 6 heteroatoms. The molecule has 0 fully saturated rings. The van der Waals surface area contributed by atoms with Gasteiger partial charge in [0.1, 0.15) is 17.6 Å². The maximum atomic E-state index is 12.3. The van der Waals surface area contributed by atoms with Crippen LogP contribution in [0.2, 0.25) is 0 Å². The van der Waals surface area contributed by atoms with Crippen LogP contribution < -0.4 is 0 Å². The SMILES string of the molecule is CCCC(=O)OC(C)Cc1ccccc1.O=Nc1cc(F)ccc1F. The third kappa shape index (κ3) is 8.15. The van der Waals surface area contributed by atoms with E-state index in [4.69, 9.17) is 4.74 Å². The Morgan fingerprint density at radius 2 is 1.84 bits per heavy atom. The molecular weight excluding hydrogens is 328 g/mol. The van der Waals surface area contributed by atoms with Gasteiger partial charge in [-0.15, -0.1) is 4.91 Å². The van der Waals surface area contributed by atoms with E-state index in [1.54, 1.807) is 0 Å². The van der Waals surface area contributed by atoms with Crippen LogP contribution in [0.1, 0.15) is 32.3 Å². The molecule has 4 nitrogen and oxygen atoms in total. The first-order chi connectivity index (χ1) is 12.0. The molecule has 0 heterocycles. The van der Waals surface area contributed by atoms with E-state index in [9.17, 15) is 18.5 Å². The summed E-state index contributed by atoms with van der Waals surface area (Å²) < 4.78 is 29.7. The Morgan fingerprint density at radius 3 is 2.40 bits per heavy atom. The number of benzene rings is 2. The zero-order valence-electron chi connectivity index (χ0n) is 14.2. The minimum absolute atomic E-state index is 0.0357. The van der Waals surface area contributed by atoms with Gasteiger partial charge in [0, 0.05) is 18.9 Å². The van der Waals surface area contributed by atoms with Crippen molar-refractivity contribution in [3.63, 3.8) is 0 Å². The normalized spacial score (nSPS) is 11.0. The highest BCUT2D eigenvalue weighted by molar-refractivity contribution is 5.69. The van der Waals surface area contributed by atoms with Gasteiger partial charge in [-0.1, -0.05) is 37.3 Å². The van der Waals surface area contributed by atoms with Gasteiger partial charge < -0.3 is 4.74 Å². The third-order valence-corrected chi connectivity index (χ3v) is 3.16. The van der Waals surface area contributed by atoms with Crippen LogP contribution in [-0.2, 0) is 16.0 Å². The second-order valence-electron chi connectivity index (χ2n) is 5.43. The number of nitrogens with zero attached hydrogens (tertiary/aromatic N) is 1. The Kier molecular flexibility index (Phi) is 9.00. The molecule has 0 saturated heterocycles. The van der Waals surface area contributed by atoms with Crippen molar-refractivity contribution in [1.29, 1.82) is 0 Å². The molecule has 134 valence electrons. The molecule has 0 aliphatic carbocycles. The Morgan fingerprint density at radius 1 is 1.16 bits per heavy atom. The van der Waals surface area contributed by atoms with E-state index in [1.807, 2.05) is 44.2 Å². The highest BCUT2D eigenvalue weighted by atomic mass is 19.1. The predicted molar refractivity (Wildman–Crippen MR) is 92.4 cm³/mol. The Balaban J connectivity index is 0.000000271. The van der Waals surface area contributed by atoms with Crippen molar-refractivity contribution in [3.8, 4) is 0 Å². The van der Waals surface area contributed by atoms with Crippen molar-refractivity contribution >= 4 is 11.7 Å². The number of hydrogen-bond donors (Lipinski definition) is 0. The van der Waals surface area contributed by atoms with Crippen LogP contribution in [0, 0.1) is 16.5 Å². The zero-order chi connectivity index (χ0) is 18.7. The van der Waals surface area contributed by atoms with Gasteiger partial charge >= 0.3 is 5.97 Å². The number of rotatable bonds is 6. The van der Waals surface area contributed by atoms with Gasteiger partial charge in [-0.05, 0) is 36.2 Å². The minimum atomic E-state index is -0.809. The summed E-state index contributed by atoms with van der Waals surface area (Å²) in [6, 6.07) is 12.6. The lowest BCUT2D eigenvalue weighted by Crippen LogP contribution is -2.16. The summed E-state index contributed by atoms with van der Waals surface area (Å²) in [5.41, 5.74) is 0.703. The molecule has 0 saturated carbocycles. The molecule has 2 aromatic rings. The fraction of sp³-hybridized carbons (Fsp3) is 0.316. The van der Waals surface area contributed by atoms with Gasteiger partial charge in [0.15, 0.2) is 5.82 Å². The van der Waals surface area contributed by atoms with Crippen LogP contribution in [0.25, 0.3) is 0 Å². The van der Waals surface area contributed by atoms with Crippen LogP contribution in [-0.4, -0.2) is 12.1 Å². The number of nitroso groups, excluding NO2 is 1. The lowest BCUT2D eigenvalue weighted by atomic mass is 10.1. The van der Waals surface area contributed by atoms with Crippen LogP contribution in [0.3, 0.4) is 0 Å². The smallest absolute Gasteiger partial charge is 0.306 e. The van der Waals surface area contributed by atoms with Crippen molar-refractivity contribution in [3.05, 3.63) is 70.6 Å². The van der Waals surface area contributed by atoms with E-state index >= 15 is 0 Å². The molecule has 0 bridgehead atoms. The molecule has 2 aromatic carbocycles. The summed E-state index contributed by atoms with van der Waals surface area (Å²) in [5.74, 6) is -1.58. The van der Waals surface area contributed by atoms with Crippen LogP contribution in [0.15, 0.2) is 53.7 Å². The van der Waals surface area contributed by atoms with Crippen molar-refractivity contribution in [2.45, 2.75) is 39.2 Å². The van der Waals surface area contributed by atoms with Crippen LogP contribution in [0.5, 0.6) is 0 Å². The van der Waals surface area contributed by atoms with Gasteiger partial charge in [-0.25, -0.2) is 8.78 Å². The molecule has 25 heavy (non-hydrogen) atoms. The fourth-order valence-electron chi connectivity index (χ4n) is 2.03. The second-order valence-corrected chi connectivity index (χ2v) is 5.43. The summed E-state index contributed by atoms with van der Waals surface area (Å²) in [5, 5.41) is 2.27. The van der Waals surface area contributed by atoms with E-state index in [2.05, 4.69) is 5.18 Å². The number of ether oxygens (including phenoxy) is 1. The monoisotopic (exact) mass is 349 g/mol. The molecule has 0 N–H and O–H groups in total. The van der Waals surface area contributed by atoms with E-state index < -0.39 is 17.3 Å². The van der Waals surface area contributed by atoms with Crippen molar-refractivity contribution in [2.24, 2.45) is 5.18 Å². The number of halogens is 2. The highest BCUT2D eigenvalue weighted by Gasteiger charge is 2.08. The first-order valence-corrected chi connectivity index (χ1v) is 7.98. The average molecular weight is 349 g/mol. The van der Waals surface area contributed by atoms with Gasteiger partial charge in [0.2, 0.25) is 0 Å². The number of esters is 1. The molecule has 0 amide bonds. The van der Waals surface area contributed by atoms with Gasteiger partial charge in [0.05, 0.1) is 0 Å². The molecule has 0 spiro atoms. The largest absolute Gasteiger partial charge is 0.462 e. The number of carbonyl (C=O) groups excluding carboxylic acids is 1. The van der Waals surface area contributed by atoms with Gasteiger partial charge in [0.25, 0.3) is 0 Å². The first kappa shape index (κ1) is 20.4. The molecule has 0 aliphatic heterocycles. The Hall–Kier alpha value is -2.63. The van der Waals surface area contributed by atoms with E-state index in [0.29, 0.717) is 6.42 Å². The maximum Gasteiger partial charge on any atom is 0.306 e. The lowest BCUT2D eigenvalue weighted by molar-refractivity contribution is -0.148. The van der Waals surface area contributed by atoms with Gasteiger partial charge in [-0.3, -0.25) is 4.79 Å². The number of carbonyl (C=O) groups is 1. The molecular formula is C19H21F2NO3. The van der Waals surface area contributed by atoms with Gasteiger partial charge in [-0.2, -0.15) is 0 Å². The van der Waals surface area contributed by atoms with E-state index in [1.165, 1.54) is 5.56 Å². The topological polar surface area (TPSA) is 55.7 Å². The van der Waals surface area contributed by atoms with Crippen molar-refractivity contribution in [2.75, 3.05) is 0 Å². The van der Waals surface area contributed by atoms with E-state index in [0.717, 1.165) is 31.0 Å². The quantitative estimate of drug-likeness (QED) is 0.523. The van der Waals surface area contributed by atoms with Crippen LogP contribution >= 0.6 is 0 Å². The van der Waals surface area contributed by atoms with Crippen molar-refractivity contribution in [1.82, 2.24) is 0 Å². The minimum Gasteiger partial charge on any atom is -0.462 e. The summed E-state index contributed by atoms with van der Waals surface area (Å²) in [6.07, 6.45) is 2.11. The second kappa shape index (κ2) is 11.0. The molecule has 1 atom stereocenters. The molecule has 2 rings (SSSR count). The molecule has 0 aromatic heterocycles. The molecule has 1 unspecified atom stereocenters. The fourth-order valence-corrected chi connectivity index (χ4v) is 2.03. The summed E-state index contributed by atoms with van der Waals surface area (Å²) in [6.45, 7) is 3.91. The molecule has 0 radical (unpaired) electrons. The van der Waals surface area contributed by atoms with Crippen LogP contribution in [0.4, 0.5) is 14.5 Å². The molecule has 0 aliphatic rings. The highest BCUT2D eigenvalue weighted by Crippen LogP contribution is 2.17. The Bertz CT molecular complexity index is 678. The summed E-state index contributed by atoms with van der Waals surface area (Å²) in [4.78, 5) is 20.9. The standard InChI is InChI=1S/C13H18O2.C6H3F2NO/c1-3-7-13(14)15-11(2)10-12-8-5-4-6-9-12;7-4-1-2-5(8)6(3-4)9-10/h4-6,8-9,11H,3,7,10H2,1-2H3;1-3H. The number of hydrogen-bond acceptors (Lipinski definition) is 4. The Labute approximate surface area is 145 Å².